The van der Waals surface area contributed by atoms with Crippen LogP contribution in [0.3, 0.4) is 0 Å². The molecule has 2 N–H and O–H groups in total. The van der Waals surface area contributed by atoms with Crippen LogP contribution in [0.25, 0.3) is 11.1 Å². The monoisotopic (exact) mass is 354 g/mol. The second-order valence-corrected chi connectivity index (χ2v) is 5.99. The first-order chi connectivity index (χ1) is 12.6. The Labute approximate surface area is 154 Å². The van der Waals surface area contributed by atoms with Crippen LogP contribution in [0, 0.1) is 0 Å². The molecule has 0 saturated heterocycles. The Bertz CT molecular complexity index is 699. The maximum Gasteiger partial charge on any atom is 0.328 e. The summed E-state index contributed by atoms with van der Waals surface area (Å²) in [7, 11) is 0. The molecule has 0 saturated carbocycles. The Morgan fingerprint density at radius 1 is 0.962 bits per heavy atom. The number of unbranched alkanes of at least 4 members (excludes halogenated alkanes) is 1. The van der Waals surface area contributed by atoms with Crippen molar-refractivity contribution in [3.8, 4) is 11.1 Å². The van der Waals surface area contributed by atoms with Gasteiger partial charge in [0.1, 0.15) is 6.04 Å². The summed E-state index contributed by atoms with van der Waals surface area (Å²) in [6.45, 7) is 4.09. The number of hydrogen-bond donors (Lipinski definition) is 2. The third-order valence-electron chi connectivity index (χ3n) is 3.97. The predicted molar refractivity (Wildman–Crippen MR) is 104 cm³/mol. The highest BCUT2D eigenvalue weighted by atomic mass is 16.5. The van der Waals surface area contributed by atoms with Crippen LogP contribution in [-0.2, 0) is 9.53 Å². The van der Waals surface area contributed by atoms with Crippen LogP contribution in [-0.4, -0.2) is 24.6 Å². The average molecular weight is 354 g/mol. The molecule has 0 aliphatic heterocycles. The van der Waals surface area contributed by atoms with E-state index in [1.54, 1.807) is 6.92 Å². The van der Waals surface area contributed by atoms with Crippen molar-refractivity contribution in [1.29, 1.82) is 0 Å². The van der Waals surface area contributed by atoms with Gasteiger partial charge in [-0.15, -0.1) is 0 Å². The van der Waals surface area contributed by atoms with Crippen LogP contribution in [0.4, 0.5) is 10.5 Å². The zero-order valence-corrected chi connectivity index (χ0v) is 15.3. The summed E-state index contributed by atoms with van der Waals surface area (Å²) in [5.74, 6) is -0.393. The van der Waals surface area contributed by atoms with Crippen LogP contribution in [0.15, 0.2) is 54.6 Å². The van der Waals surface area contributed by atoms with Gasteiger partial charge in [-0.3, -0.25) is 0 Å². The van der Waals surface area contributed by atoms with Gasteiger partial charge < -0.3 is 15.4 Å². The second-order valence-electron chi connectivity index (χ2n) is 5.99. The summed E-state index contributed by atoms with van der Waals surface area (Å²) in [5, 5.41) is 5.47. The van der Waals surface area contributed by atoms with E-state index >= 15 is 0 Å². The minimum absolute atomic E-state index is 0.297. The van der Waals surface area contributed by atoms with Crippen molar-refractivity contribution in [2.45, 2.75) is 39.2 Å². The minimum atomic E-state index is -0.626. The normalized spacial score (nSPS) is 11.5. The van der Waals surface area contributed by atoms with E-state index in [1.165, 1.54) is 0 Å². The van der Waals surface area contributed by atoms with E-state index in [4.69, 9.17) is 4.74 Å². The second kappa shape index (κ2) is 10.2. The van der Waals surface area contributed by atoms with Gasteiger partial charge in [-0.1, -0.05) is 62.2 Å². The number of carbonyl (C=O) groups excluding carboxylic acids is 2. The van der Waals surface area contributed by atoms with Crippen molar-refractivity contribution in [2.75, 3.05) is 11.9 Å². The smallest absolute Gasteiger partial charge is 0.328 e. The fourth-order valence-electron chi connectivity index (χ4n) is 2.60. The van der Waals surface area contributed by atoms with E-state index in [-0.39, 0.29) is 0 Å². The third kappa shape index (κ3) is 5.92. The molecule has 0 aliphatic rings. The number of carbonyl (C=O) groups is 2. The average Bonchev–Trinajstić information content (AvgIpc) is 2.66. The highest BCUT2D eigenvalue weighted by molar-refractivity contribution is 5.92. The predicted octanol–water partition coefficient (Wildman–Crippen LogP) is 4.60. The lowest BCUT2D eigenvalue weighted by Gasteiger charge is -2.17. The minimum Gasteiger partial charge on any atom is -0.464 e. The van der Waals surface area contributed by atoms with Crippen LogP contribution >= 0.6 is 0 Å². The van der Waals surface area contributed by atoms with Gasteiger partial charge in [0.05, 0.1) is 6.61 Å². The van der Waals surface area contributed by atoms with Gasteiger partial charge in [0.2, 0.25) is 0 Å². The zero-order chi connectivity index (χ0) is 18.8. The van der Waals surface area contributed by atoms with E-state index in [2.05, 4.69) is 10.6 Å². The molecular formula is C21H26N2O3. The largest absolute Gasteiger partial charge is 0.464 e. The summed E-state index contributed by atoms with van der Waals surface area (Å²) in [5.41, 5.74) is 2.86. The number of anilines is 1. The molecule has 0 heterocycles. The fraction of sp³-hybridized carbons (Fsp3) is 0.333. The summed E-state index contributed by atoms with van der Waals surface area (Å²) in [4.78, 5) is 24.2. The Morgan fingerprint density at radius 2 is 1.62 bits per heavy atom. The molecule has 2 aromatic rings. The molecular weight excluding hydrogens is 328 g/mol. The van der Waals surface area contributed by atoms with Crippen molar-refractivity contribution in [3.63, 3.8) is 0 Å². The topological polar surface area (TPSA) is 67.4 Å². The summed E-state index contributed by atoms with van der Waals surface area (Å²) < 4.78 is 5.04. The molecule has 0 radical (unpaired) electrons. The van der Waals surface area contributed by atoms with Crippen molar-refractivity contribution in [3.05, 3.63) is 54.6 Å². The summed E-state index contributed by atoms with van der Waals surface area (Å²) in [6, 6.07) is 16.6. The Balaban J connectivity index is 1.96. The molecule has 2 aromatic carbocycles. The number of rotatable bonds is 8. The number of nitrogens with one attached hydrogen (secondary N) is 2. The van der Waals surface area contributed by atoms with Crippen molar-refractivity contribution in [1.82, 2.24) is 5.32 Å². The lowest BCUT2D eigenvalue weighted by molar-refractivity contribution is -0.145. The SMILES string of the molecule is CCCCC(NC(=O)Nc1ccc(-c2ccccc2)cc1)C(=O)OCC. The van der Waals surface area contributed by atoms with Gasteiger partial charge in [-0.2, -0.15) is 0 Å². The maximum atomic E-state index is 12.2. The Hall–Kier alpha value is -2.82. The number of amides is 2. The van der Waals surface area contributed by atoms with E-state index in [0.29, 0.717) is 18.7 Å². The first kappa shape index (κ1) is 19.5. The van der Waals surface area contributed by atoms with Crippen molar-refractivity contribution >= 4 is 17.7 Å². The van der Waals surface area contributed by atoms with Crippen LogP contribution in [0.2, 0.25) is 0 Å². The van der Waals surface area contributed by atoms with Gasteiger partial charge in [0.25, 0.3) is 0 Å². The Kier molecular flexibility index (Phi) is 7.68. The molecule has 138 valence electrons. The molecule has 1 unspecified atom stereocenters. The zero-order valence-electron chi connectivity index (χ0n) is 15.3. The van der Waals surface area contributed by atoms with Gasteiger partial charge >= 0.3 is 12.0 Å². The maximum absolute atomic E-state index is 12.2. The molecule has 0 aliphatic carbocycles. The molecule has 2 rings (SSSR count). The third-order valence-corrected chi connectivity index (χ3v) is 3.97. The highest BCUT2D eigenvalue weighted by Gasteiger charge is 2.21. The van der Waals surface area contributed by atoms with Crippen LogP contribution < -0.4 is 10.6 Å². The molecule has 0 spiro atoms. The quantitative estimate of drug-likeness (QED) is 0.681. The lowest BCUT2D eigenvalue weighted by atomic mass is 10.1. The first-order valence-electron chi connectivity index (χ1n) is 9.03. The molecule has 26 heavy (non-hydrogen) atoms. The van der Waals surface area contributed by atoms with Gasteiger partial charge in [-0.25, -0.2) is 9.59 Å². The lowest BCUT2D eigenvalue weighted by Crippen LogP contribution is -2.43. The molecule has 0 bridgehead atoms. The standard InChI is InChI=1S/C21H26N2O3/c1-3-5-11-19(20(24)26-4-2)23-21(25)22-18-14-12-17(13-15-18)16-9-7-6-8-10-16/h6-10,12-15,19H,3-5,11H2,1-2H3,(H2,22,23,25). The number of urea groups is 1. The molecule has 1 atom stereocenters. The number of hydrogen-bond acceptors (Lipinski definition) is 3. The van der Waals surface area contributed by atoms with Crippen LogP contribution in [0.1, 0.15) is 33.1 Å². The van der Waals surface area contributed by atoms with Gasteiger partial charge in [0, 0.05) is 5.69 Å². The van der Waals surface area contributed by atoms with Gasteiger partial charge in [0.15, 0.2) is 0 Å². The van der Waals surface area contributed by atoms with E-state index < -0.39 is 18.0 Å². The first-order valence-corrected chi connectivity index (χ1v) is 9.03. The molecule has 5 heteroatoms. The van der Waals surface area contributed by atoms with E-state index in [1.807, 2.05) is 61.5 Å². The van der Waals surface area contributed by atoms with Crippen molar-refractivity contribution < 1.29 is 14.3 Å². The molecule has 0 aromatic heterocycles. The van der Waals surface area contributed by atoms with E-state index in [0.717, 1.165) is 24.0 Å². The number of esters is 1. The van der Waals surface area contributed by atoms with Crippen LogP contribution in [0.5, 0.6) is 0 Å². The van der Waals surface area contributed by atoms with Gasteiger partial charge in [-0.05, 0) is 36.6 Å². The number of ether oxygens (including phenoxy) is 1. The van der Waals surface area contributed by atoms with Crippen molar-refractivity contribution in [2.24, 2.45) is 0 Å². The molecule has 0 fully saturated rings. The summed E-state index contributed by atoms with van der Waals surface area (Å²) >= 11 is 0. The van der Waals surface area contributed by atoms with E-state index in [9.17, 15) is 9.59 Å². The fourth-order valence-corrected chi connectivity index (χ4v) is 2.60. The molecule has 5 nitrogen and oxygen atoms in total. The highest BCUT2D eigenvalue weighted by Crippen LogP contribution is 2.21. The summed E-state index contributed by atoms with van der Waals surface area (Å²) in [6.07, 6.45) is 2.35. The number of benzene rings is 2. The molecule has 2 amide bonds. The Morgan fingerprint density at radius 3 is 2.23 bits per heavy atom.